The van der Waals surface area contributed by atoms with Crippen molar-refractivity contribution in [2.24, 2.45) is 0 Å². The van der Waals surface area contributed by atoms with E-state index in [9.17, 15) is 14.0 Å². The van der Waals surface area contributed by atoms with Crippen molar-refractivity contribution < 1.29 is 14.0 Å². The van der Waals surface area contributed by atoms with Gasteiger partial charge in [0.1, 0.15) is 11.6 Å². The Labute approximate surface area is 199 Å². The van der Waals surface area contributed by atoms with E-state index in [-0.39, 0.29) is 11.6 Å². The van der Waals surface area contributed by atoms with E-state index in [1.54, 1.807) is 48.5 Å². The number of hydrogen-bond donors (Lipinski definition) is 2. The molecule has 5 rings (SSSR count). The first kappa shape index (κ1) is 22.0. The first-order valence-electron chi connectivity index (χ1n) is 11.1. The molecule has 2 aromatic carbocycles. The summed E-state index contributed by atoms with van der Waals surface area (Å²) in [6.45, 7) is 0.820. The fraction of sp³-hybridized carbons (Fsp3) is 0.200. The summed E-state index contributed by atoms with van der Waals surface area (Å²) in [7, 11) is 0. The molecule has 2 aromatic heterocycles. The molecule has 0 spiro atoms. The number of thiophene rings is 1. The number of anilines is 2. The molecule has 7 nitrogen and oxygen atoms in total. The second kappa shape index (κ2) is 9.56. The fourth-order valence-electron chi connectivity index (χ4n) is 3.99. The number of rotatable bonds is 5. The SMILES string of the molecule is O=C(Nc1cc(-c2nnc3n2CCCCC3)ccc1F)c1cccc(NC(=O)c2cccs2)c1. The summed E-state index contributed by atoms with van der Waals surface area (Å²) < 4.78 is 16.7. The van der Waals surface area contributed by atoms with Crippen LogP contribution >= 0.6 is 11.3 Å². The molecule has 0 aliphatic carbocycles. The maximum absolute atomic E-state index is 14.6. The van der Waals surface area contributed by atoms with Crippen LogP contribution in [0, 0.1) is 5.82 Å². The van der Waals surface area contributed by atoms with Gasteiger partial charge in [-0.2, -0.15) is 0 Å². The molecule has 0 unspecified atom stereocenters. The summed E-state index contributed by atoms with van der Waals surface area (Å²) in [4.78, 5) is 25.8. The summed E-state index contributed by atoms with van der Waals surface area (Å²) >= 11 is 1.33. The van der Waals surface area contributed by atoms with Crippen molar-refractivity contribution in [2.45, 2.75) is 32.2 Å². The number of aromatic nitrogens is 3. The summed E-state index contributed by atoms with van der Waals surface area (Å²) in [5.41, 5.74) is 1.52. The average molecular weight is 476 g/mol. The highest BCUT2D eigenvalue weighted by Crippen LogP contribution is 2.27. The summed E-state index contributed by atoms with van der Waals surface area (Å²) in [5.74, 6) is 0.325. The molecule has 0 saturated heterocycles. The zero-order valence-corrected chi connectivity index (χ0v) is 19.1. The molecule has 0 atom stereocenters. The van der Waals surface area contributed by atoms with Gasteiger partial charge in [-0.15, -0.1) is 21.5 Å². The first-order valence-corrected chi connectivity index (χ1v) is 11.9. The van der Waals surface area contributed by atoms with E-state index in [1.807, 2.05) is 5.38 Å². The number of benzene rings is 2. The lowest BCUT2D eigenvalue weighted by Crippen LogP contribution is -2.15. The molecule has 9 heteroatoms. The number of nitrogens with one attached hydrogen (secondary N) is 2. The minimum Gasteiger partial charge on any atom is -0.321 e. The zero-order chi connectivity index (χ0) is 23.5. The van der Waals surface area contributed by atoms with Crippen LogP contribution in [0.1, 0.15) is 45.1 Å². The van der Waals surface area contributed by atoms with Crippen LogP contribution in [0.4, 0.5) is 15.8 Å². The van der Waals surface area contributed by atoms with Crippen LogP contribution in [0.5, 0.6) is 0 Å². The van der Waals surface area contributed by atoms with Gasteiger partial charge in [0.25, 0.3) is 11.8 Å². The van der Waals surface area contributed by atoms with Crippen LogP contribution in [0.2, 0.25) is 0 Å². The molecule has 1 aliphatic heterocycles. The maximum Gasteiger partial charge on any atom is 0.265 e. The number of nitrogens with zero attached hydrogens (tertiary/aromatic N) is 3. The number of carbonyl (C=O) groups excluding carboxylic acids is 2. The number of aryl methyl sites for hydroxylation is 1. The molecule has 0 saturated carbocycles. The largest absolute Gasteiger partial charge is 0.321 e. The van der Waals surface area contributed by atoms with Crippen molar-refractivity contribution in [3.8, 4) is 11.4 Å². The van der Waals surface area contributed by atoms with E-state index >= 15 is 0 Å². The Bertz CT molecular complexity index is 1350. The van der Waals surface area contributed by atoms with Crippen molar-refractivity contribution in [1.82, 2.24) is 14.8 Å². The third-order valence-electron chi connectivity index (χ3n) is 5.71. The van der Waals surface area contributed by atoms with E-state index in [2.05, 4.69) is 25.4 Å². The van der Waals surface area contributed by atoms with Gasteiger partial charge in [0, 0.05) is 29.8 Å². The van der Waals surface area contributed by atoms with Gasteiger partial charge in [-0.1, -0.05) is 18.6 Å². The topological polar surface area (TPSA) is 88.9 Å². The summed E-state index contributed by atoms with van der Waals surface area (Å²) in [6.07, 6.45) is 4.13. The molecule has 0 bridgehead atoms. The van der Waals surface area contributed by atoms with E-state index in [0.717, 1.165) is 38.1 Å². The Morgan fingerprint density at radius 2 is 1.85 bits per heavy atom. The quantitative estimate of drug-likeness (QED) is 0.406. The molecule has 4 aromatic rings. The van der Waals surface area contributed by atoms with Gasteiger partial charge >= 0.3 is 0 Å². The molecular formula is C25H22FN5O2S. The van der Waals surface area contributed by atoms with Crippen molar-refractivity contribution in [1.29, 1.82) is 0 Å². The average Bonchev–Trinajstić information content (AvgIpc) is 3.46. The Hall–Kier alpha value is -3.85. The molecule has 1 aliphatic rings. The first-order chi connectivity index (χ1) is 16.6. The van der Waals surface area contributed by atoms with E-state index in [0.29, 0.717) is 27.5 Å². The number of amides is 2. The normalized spacial score (nSPS) is 13.1. The molecule has 2 N–H and O–H groups in total. The van der Waals surface area contributed by atoms with Crippen LogP contribution < -0.4 is 10.6 Å². The molecular weight excluding hydrogens is 453 g/mol. The van der Waals surface area contributed by atoms with Gasteiger partial charge in [0.15, 0.2) is 5.82 Å². The highest BCUT2D eigenvalue weighted by molar-refractivity contribution is 7.12. The number of fused-ring (bicyclic) bond motifs is 1. The Kier molecular flexibility index (Phi) is 6.18. The van der Waals surface area contributed by atoms with E-state index in [4.69, 9.17) is 0 Å². The lowest BCUT2D eigenvalue weighted by Gasteiger charge is -2.11. The predicted octanol–water partition coefficient (Wildman–Crippen LogP) is 5.38. The lowest BCUT2D eigenvalue weighted by molar-refractivity contribution is 0.101. The van der Waals surface area contributed by atoms with Crippen molar-refractivity contribution in [3.05, 3.63) is 82.1 Å². The molecule has 34 heavy (non-hydrogen) atoms. The van der Waals surface area contributed by atoms with Gasteiger partial charge in [0.2, 0.25) is 0 Å². The molecule has 0 radical (unpaired) electrons. The van der Waals surface area contributed by atoms with Crippen LogP contribution in [0.3, 0.4) is 0 Å². The third kappa shape index (κ3) is 4.60. The molecule has 172 valence electrons. The zero-order valence-electron chi connectivity index (χ0n) is 18.3. The Morgan fingerprint density at radius 3 is 2.71 bits per heavy atom. The van der Waals surface area contributed by atoms with Crippen LogP contribution in [0.15, 0.2) is 60.0 Å². The van der Waals surface area contributed by atoms with Crippen molar-refractivity contribution >= 4 is 34.5 Å². The predicted molar refractivity (Wildman–Crippen MR) is 130 cm³/mol. The molecule has 3 heterocycles. The van der Waals surface area contributed by atoms with E-state index in [1.165, 1.54) is 17.4 Å². The molecule has 0 fully saturated rings. The minimum atomic E-state index is -0.546. The standard InChI is InChI=1S/C25H22FN5O2S/c26-19-11-10-16(23-30-29-22-9-2-1-3-12-31(22)23)15-20(19)28-24(32)17-6-4-7-18(14-17)27-25(33)21-8-5-13-34-21/h4-8,10-11,13-15H,1-3,9,12H2,(H,27,33)(H,28,32). The highest BCUT2D eigenvalue weighted by atomic mass is 32.1. The monoisotopic (exact) mass is 475 g/mol. The number of hydrogen-bond acceptors (Lipinski definition) is 5. The third-order valence-corrected chi connectivity index (χ3v) is 6.58. The van der Waals surface area contributed by atoms with Gasteiger partial charge < -0.3 is 15.2 Å². The van der Waals surface area contributed by atoms with Crippen molar-refractivity contribution in [3.63, 3.8) is 0 Å². The summed E-state index contributed by atoms with van der Waals surface area (Å²) in [6, 6.07) is 14.6. The van der Waals surface area contributed by atoms with E-state index < -0.39 is 11.7 Å². The Morgan fingerprint density at radius 1 is 0.941 bits per heavy atom. The highest BCUT2D eigenvalue weighted by Gasteiger charge is 2.18. The molecule has 2 amide bonds. The van der Waals surface area contributed by atoms with Gasteiger partial charge in [-0.05, 0) is 60.7 Å². The smallest absolute Gasteiger partial charge is 0.265 e. The number of halogens is 1. The minimum absolute atomic E-state index is 0.0569. The fourth-order valence-corrected chi connectivity index (χ4v) is 4.61. The second-order valence-electron chi connectivity index (χ2n) is 8.06. The van der Waals surface area contributed by atoms with Gasteiger partial charge in [-0.25, -0.2) is 4.39 Å². The van der Waals surface area contributed by atoms with Gasteiger partial charge in [0.05, 0.1) is 10.6 Å². The second-order valence-corrected chi connectivity index (χ2v) is 9.01. The van der Waals surface area contributed by atoms with Crippen LogP contribution in [-0.4, -0.2) is 26.6 Å². The lowest BCUT2D eigenvalue weighted by atomic mass is 10.1. The summed E-state index contributed by atoms with van der Waals surface area (Å²) in [5, 5.41) is 15.9. The van der Waals surface area contributed by atoms with Crippen LogP contribution in [0.25, 0.3) is 11.4 Å². The van der Waals surface area contributed by atoms with Crippen LogP contribution in [-0.2, 0) is 13.0 Å². The van der Waals surface area contributed by atoms with Crippen molar-refractivity contribution in [2.75, 3.05) is 10.6 Å². The maximum atomic E-state index is 14.6. The Balaban J connectivity index is 1.35. The van der Waals surface area contributed by atoms with Gasteiger partial charge in [-0.3, -0.25) is 9.59 Å². The number of carbonyl (C=O) groups is 2.